The van der Waals surface area contributed by atoms with Gasteiger partial charge >= 0.3 is 5.97 Å². The molecule has 0 fully saturated rings. The lowest BCUT2D eigenvalue weighted by molar-refractivity contribution is -0.137. The average Bonchev–Trinajstić information content (AvgIpc) is 2.30. The number of methoxy groups -OCH3 is 1. The smallest absolute Gasteiger partial charge is 0.320 e. The summed E-state index contributed by atoms with van der Waals surface area (Å²) in [5, 5.41) is 0. The second-order valence-corrected chi connectivity index (χ2v) is 5.85. The first-order chi connectivity index (χ1) is 8.34. The molecule has 0 bridgehead atoms. The van der Waals surface area contributed by atoms with Crippen LogP contribution in [0.5, 0.6) is 0 Å². The normalized spacial score (nSPS) is 11.2. The molecule has 18 heavy (non-hydrogen) atoms. The van der Waals surface area contributed by atoms with Gasteiger partial charge in [0.2, 0.25) is 0 Å². The number of carbonyl (C=O) groups excluding carboxylic acids is 1. The number of nitrogens with zero attached hydrogens (tertiary/aromatic N) is 1. The lowest BCUT2D eigenvalue weighted by Gasteiger charge is -2.06. The van der Waals surface area contributed by atoms with E-state index in [2.05, 4.69) is 4.74 Å². The summed E-state index contributed by atoms with van der Waals surface area (Å²) >= 11 is 0. The number of nitrogen functional groups attached to an aromatic ring is 1. The molecular weight excluding hydrogens is 260 g/mol. The first-order valence-corrected chi connectivity index (χ1v) is 6.89. The molecular formula is C10H14N2O5S. The van der Waals surface area contributed by atoms with Crippen molar-refractivity contribution in [1.29, 1.82) is 0 Å². The van der Waals surface area contributed by atoms with Gasteiger partial charge in [-0.25, -0.2) is 8.42 Å². The standard InChI is InChI=1S/C10H14N2O5S/c1-17-10(14)7-18(15,16)5-4-12-6-8(11)2-3-9(12)13/h2-3,6H,4-5,7,11H2,1H3. The molecule has 7 nitrogen and oxygen atoms in total. The molecule has 100 valence electrons. The summed E-state index contributed by atoms with van der Waals surface area (Å²) in [6, 6.07) is 2.68. The van der Waals surface area contributed by atoms with E-state index in [1.165, 1.54) is 22.9 Å². The van der Waals surface area contributed by atoms with Crippen molar-refractivity contribution in [2.24, 2.45) is 0 Å². The predicted molar refractivity (Wildman–Crippen MR) is 65.8 cm³/mol. The van der Waals surface area contributed by atoms with Gasteiger partial charge in [-0.15, -0.1) is 0 Å². The van der Waals surface area contributed by atoms with Gasteiger partial charge in [-0.05, 0) is 6.07 Å². The number of pyridine rings is 1. The highest BCUT2D eigenvalue weighted by Gasteiger charge is 2.17. The molecule has 0 amide bonds. The van der Waals surface area contributed by atoms with E-state index in [1.54, 1.807) is 0 Å². The molecule has 0 saturated carbocycles. The summed E-state index contributed by atoms with van der Waals surface area (Å²) in [6.07, 6.45) is 1.36. The van der Waals surface area contributed by atoms with Crippen LogP contribution in [0.25, 0.3) is 0 Å². The van der Waals surface area contributed by atoms with Crippen LogP contribution in [0.15, 0.2) is 23.1 Å². The number of sulfone groups is 1. The van der Waals surface area contributed by atoms with Gasteiger partial charge in [0, 0.05) is 24.5 Å². The van der Waals surface area contributed by atoms with Gasteiger partial charge in [0.25, 0.3) is 5.56 Å². The summed E-state index contributed by atoms with van der Waals surface area (Å²) < 4.78 is 28.5. The Morgan fingerprint density at radius 1 is 1.44 bits per heavy atom. The van der Waals surface area contributed by atoms with Crippen molar-refractivity contribution in [3.8, 4) is 0 Å². The van der Waals surface area contributed by atoms with Gasteiger partial charge in [0.1, 0.15) is 5.75 Å². The van der Waals surface area contributed by atoms with Crippen molar-refractivity contribution in [2.45, 2.75) is 6.54 Å². The second kappa shape index (κ2) is 5.67. The maximum absolute atomic E-state index is 11.5. The molecule has 0 radical (unpaired) electrons. The molecule has 1 heterocycles. The Kier molecular flexibility index (Phi) is 4.49. The third kappa shape index (κ3) is 4.21. The van der Waals surface area contributed by atoms with Crippen LogP contribution in [-0.4, -0.2) is 37.6 Å². The Labute approximate surface area is 104 Å². The van der Waals surface area contributed by atoms with E-state index in [4.69, 9.17) is 5.73 Å². The fraction of sp³-hybridized carbons (Fsp3) is 0.400. The molecule has 2 N–H and O–H groups in total. The van der Waals surface area contributed by atoms with Gasteiger partial charge in [0.05, 0.1) is 12.9 Å². The van der Waals surface area contributed by atoms with Crippen molar-refractivity contribution in [3.05, 3.63) is 28.7 Å². The monoisotopic (exact) mass is 274 g/mol. The largest absolute Gasteiger partial charge is 0.468 e. The number of hydrogen-bond donors (Lipinski definition) is 1. The van der Waals surface area contributed by atoms with Crippen LogP contribution in [0, 0.1) is 0 Å². The first kappa shape index (κ1) is 14.2. The minimum Gasteiger partial charge on any atom is -0.468 e. The average molecular weight is 274 g/mol. The van der Waals surface area contributed by atoms with Crippen LogP contribution in [0.2, 0.25) is 0 Å². The number of rotatable bonds is 5. The Bertz CT molecular complexity index is 591. The zero-order valence-electron chi connectivity index (χ0n) is 9.83. The number of carbonyl (C=O) groups is 1. The molecule has 0 unspecified atom stereocenters. The number of nitrogens with two attached hydrogens (primary N) is 1. The molecule has 1 aromatic rings. The third-order valence-electron chi connectivity index (χ3n) is 2.21. The summed E-state index contributed by atoms with van der Waals surface area (Å²) in [7, 11) is -2.48. The molecule has 0 atom stereocenters. The lowest BCUT2D eigenvalue weighted by Crippen LogP contribution is -2.26. The number of anilines is 1. The molecule has 0 aliphatic heterocycles. The van der Waals surface area contributed by atoms with Crippen molar-refractivity contribution in [3.63, 3.8) is 0 Å². The quantitative estimate of drug-likeness (QED) is 0.691. The van der Waals surface area contributed by atoms with Gasteiger partial charge in [-0.1, -0.05) is 0 Å². The zero-order chi connectivity index (χ0) is 13.8. The van der Waals surface area contributed by atoms with Crippen LogP contribution in [-0.2, 0) is 25.9 Å². The van der Waals surface area contributed by atoms with Gasteiger partial charge in [-0.3, -0.25) is 9.59 Å². The van der Waals surface area contributed by atoms with Gasteiger partial charge in [0.15, 0.2) is 9.84 Å². The Morgan fingerprint density at radius 2 is 2.11 bits per heavy atom. The highest BCUT2D eigenvalue weighted by Crippen LogP contribution is 1.98. The number of ether oxygens (including phenoxy) is 1. The van der Waals surface area contributed by atoms with Gasteiger partial charge < -0.3 is 15.0 Å². The van der Waals surface area contributed by atoms with Crippen LogP contribution < -0.4 is 11.3 Å². The van der Waals surface area contributed by atoms with Gasteiger partial charge in [-0.2, -0.15) is 0 Å². The summed E-state index contributed by atoms with van der Waals surface area (Å²) in [5.41, 5.74) is 5.50. The Morgan fingerprint density at radius 3 is 2.72 bits per heavy atom. The second-order valence-electron chi connectivity index (χ2n) is 3.66. The third-order valence-corrected chi connectivity index (χ3v) is 3.70. The summed E-state index contributed by atoms with van der Waals surface area (Å²) in [5.74, 6) is -1.85. The fourth-order valence-corrected chi connectivity index (χ4v) is 2.37. The lowest BCUT2D eigenvalue weighted by atomic mass is 10.4. The molecule has 8 heteroatoms. The maximum atomic E-state index is 11.5. The highest BCUT2D eigenvalue weighted by atomic mass is 32.2. The van der Waals surface area contributed by atoms with E-state index in [1.807, 2.05) is 0 Å². The summed E-state index contributed by atoms with van der Waals surface area (Å²) in [6.45, 7) is -0.0524. The van der Waals surface area contributed by atoms with Crippen LogP contribution in [0.4, 0.5) is 5.69 Å². The minimum atomic E-state index is -3.60. The van der Waals surface area contributed by atoms with Crippen LogP contribution in [0.3, 0.4) is 0 Å². The maximum Gasteiger partial charge on any atom is 0.320 e. The number of hydrogen-bond acceptors (Lipinski definition) is 6. The van der Waals surface area contributed by atoms with Crippen molar-refractivity contribution in [1.82, 2.24) is 4.57 Å². The molecule has 1 rings (SSSR count). The topological polar surface area (TPSA) is 108 Å². The van der Waals surface area contributed by atoms with E-state index in [0.717, 1.165) is 7.11 Å². The zero-order valence-corrected chi connectivity index (χ0v) is 10.6. The van der Waals surface area contributed by atoms with Crippen LogP contribution >= 0.6 is 0 Å². The van der Waals surface area contributed by atoms with Crippen molar-refractivity contribution >= 4 is 21.5 Å². The molecule has 0 saturated heterocycles. The Hall–Kier alpha value is -1.83. The molecule has 0 aliphatic carbocycles. The first-order valence-electron chi connectivity index (χ1n) is 5.07. The molecule has 1 aromatic heterocycles. The molecule has 0 spiro atoms. The van der Waals surface area contributed by atoms with E-state index in [-0.39, 0.29) is 17.9 Å². The minimum absolute atomic E-state index is 0.0524. The van der Waals surface area contributed by atoms with Crippen molar-refractivity contribution < 1.29 is 17.9 Å². The molecule has 0 aliphatic rings. The SMILES string of the molecule is COC(=O)CS(=O)(=O)CCn1cc(N)ccc1=O. The predicted octanol–water partition coefficient (Wildman–Crippen LogP) is -0.982. The van der Waals surface area contributed by atoms with E-state index in [0.29, 0.717) is 5.69 Å². The number of aryl methyl sites for hydroxylation is 1. The molecule has 0 aromatic carbocycles. The van der Waals surface area contributed by atoms with Crippen LogP contribution in [0.1, 0.15) is 0 Å². The van der Waals surface area contributed by atoms with Crippen molar-refractivity contribution in [2.75, 3.05) is 24.3 Å². The van der Waals surface area contributed by atoms with E-state index >= 15 is 0 Å². The van der Waals surface area contributed by atoms with E-state index in [9.17, 15) is 18.0 Å². The number of aromatic nitrogens is 1. The Balaban J connectivity index is 2.73. The number of esters is 1. The highest BCUT2D eigenvalue weighted by molar-refractivity contribution is 7.92. The van der Waals surface area contributed by atoms with E-state index < -0.39 is 21.6 Å². The fourth-order valence-electron chi connectivity index (χ4n) is 1.27. The summed E-state index contributed by atoms with van der Waals surface area (Å²) in [4.78, 5) is 22.3.